The van der Waals surface area contributed by atoms with E-state index in [1.165, 1.54) is 12.3 Å². The Balaban J connectivity index is 0.00000523. The van der Waals surface area contributed by atoms with Gasteiger partial charge in [0, 0.05) is 18.0 Å². The van der Waals surface area contributed by atoms with Crippen LogP contribution in [0.2, 0.25) is 0 Å². The maximum Gasteiger partial charge on any atom is 2.00 e. The van der Waals surface area contributed by atoms with Crippen LogP contribution in [-0.4, -0.2) is 11.9 Å². The number of hydrogen-bond acceptors (Lipinski definition) is 7. The largest absolute Gasteiger partial charge is 2.00 e. The summed E-state index contributed by atoms with van der Waals surface area (Å²) in [4.78, 5) is 9.20. The van der Waals surface area contributed by atoms with Gasteiger partial charge in [0.25, 0.3) is 0 Å². The van der Waals surface area contributed by atoms with Crippen LogP contribution in [0.5, 0.6) is 23.0 Å². The summed E-state index contributed by atoms with van der Waals surface area (Å²) >= 11 is 0. The molecule has 6 aromatic rings. The number of hydrogen-bond donors (Lipinski definition) is 0. The van der Waals surface area contributed by atoms with Crippen LogP contribution in [0.1, 0.15) is 34.7 Å². The summed E-state index contributed by atoms with van der Waals surface area (Å²) in [7, 11) is 0. The predicted octanol–water partition coefficient (Wildman–Crippen LogP) is 8.74. The third-order valence-corrected chi connectivity index (χ3v) is 7.76. The average molecular weight is 731 g/mol. The molecular formula is C44H36N2NiO5. The summed E-state index contributed by atoms with van der Waals surface area (Å²) in [6.45, 7) is 2.68. The molecule has 0 saturated carbocycles. The molecule has 0 saturated heterocycles. The number of aliphatic imine (C=N–C) groups is 2. The molecular weight excluding hydrogens is 695 g/mol. The predicted molar refractivity (Wildman–Crippen MR) is 199 cm³/mol. The van der Waals surface area contributed by atoms with Crippen molar-refractivity contribution in [2.45, 2.75) is 26.7 Å². The number of ether oxygens (including phenoxy) is 3. The normalized spacial score (nSPS) is 11.6. The first-order valence-electron chi connectivity index (χ1n) is 16.5. The molecule has 0 bridgehead atoms. The van der Waals surface area contributed by atoms with Gasteiger partial charge in [-0.25, -0.2) is 0 Å². The topological polar surface area (TPSA) is 98.5 Å². The fraction of sp³-hybridized carbons (Fsp3) is 0.0909. The van der Waals surface area contributed by atoms with E-state index in [2.05, 4.69) is 9.98 Å². The Morgan fingerprint density at radius 2 is 1.13 bits per heavy atom. The first-order chi connectivity index (χ1) is 25.0. The Morgan fingerprint density at radius 3 is 1.75 bits per heavy atom. The minimum absolute atomic E-state index is 0. The molecule has 0 amide bonds. The van der Waals surface area contributed by atoms with Gasteiger partial charge in [0.1, 0.15) is 37.1 Å². The molecule has 0 aromatic heterocycles. The van der Waals surface area contributed by atoms with Crippen LogP contribution in [0.15, 0.2) is 168 Å². The van der Waals surface area contributed by atoms with Gasteiger partial charge in [-0.3, -0.25) is 9.98 Å². The van der Waals surface area contributed by atoms with Gasteiger partial charge in [-0.2, -0.15) is 0 Å². The van der Waals surface area contributed by atoms with Gasteiger partial charge in [-0.05, 0) is 71.1 Å². The smallest absolute Gasteiger partial charge is 0.872 e. The van der Waals surface area contributed by atoms with E-state index in [-0.39, 0.29) is 40.4 Å². The van der Waals surface area contributed by atoms with Gasteiger partial charge in [-0.15, -0.1) is 0 Å². The van der Waals surface area contributed by atoms with Crippen molar-refractivity contribution in [1.29, 1.82) is 0 Å². The van der Waals surface area contributed by atoms with Crippen molar-refractivity contribution in [3.8, 4) is 23.0 Å². The van der Waals surface area contributed by atoms with Crippen molar-refractivity contribution >= 4 is 29.1 Å². The summed E-state index contributed by atoms with van der Waals surface area (Å²) in [5, 5.41) is 26.1. The third kappa shape index (κ3) is 10.7. The molecule has 0 atom stereocenters. The summed E-state index contributed by atoms with van der Waals surface area (Å²) in [6, 6.07) is 46.9. The molecule has 0 fully saturated rings. The number of nitrogens with zero attached hydrogens (tertiary/aromatic N) is 2. The fourth-order valence-corrected chi connectivity index (χ4v) is 5.18. The molecule has 0 unspecified atom stereocenters. The van der Waals surface area contributed by atoms with E-state index >= 15 is 0 Å². The van der Waals surface area contributed by atoms with Gasteiger partial charge in [-0.1, -0.05) is 127 Å². The number of para-hydroxylation sites is 3. The standard InChI is InChI=1S/C44H38N2O5.Ni/c1-32(24-42(47)36-18-9-4-10-19-36)46-41-22-12-11-21-40(41)45-28-37-20-13-23-43(44(37)48)51-31-35-25-38(49-29-33-14-5-2-6-15-33)27-39(26-35)50-30-34-16-7-3-8-17-34;/h2-28,47-48H,29-31H2,1H3;/q;+2/p-2/b42-24-,45-28?,46-32?;. The first kappa shape index (κ1) is 37.2. The van der Waals surface area contributed by atoms with Crippen LogP contribution in [0.4, 0.5) is 11.4 Å². The zero-order valence-electron chi connectivity index (χ0n) is 28.5. The van der Waals surface area contributed by atoms with Crippen molar-refractivity contribution in [2.75, 3.05) is 0 Å². The van der Waals surface area contributed by atoms with E-state index in [4.69, 9.17) is 14.2 Å². The summed E-state index contributed by atoms with van der Waals surface area (Å²) < 4.78 is 18.3. The maximum absolute atomic E-state index is 13.4. The Kier molecular flexibility index (Phi) is 13.4. The van der Waals surface area contributed by atoms with Gasteiger partial charge < -0.3 is 24.4 Å². The summed E-state index contributed by atoms with van der Waals surface area (Å²) in [5.74, 6) is 1.03. The van der Waals surface area contributed by atoms with Crippen LogP contribution in [-0.2, 0) is 36.3 Å². The van der Waals surface area contributed by atoms with Crippen molar-refractivity contribution in [2.24, 2.45) is 9.98 Å². The van der Waals surface area contributed by atoms with Crippen LogP contribution < -0.4 is 24.4 Å². The summed E-state index contributed by atoms with van der Waals surface area (Å²) in [5.41, 5.74) is 5.48. The van der Waals surface area contributed by atoms with Gasteiger partial charge in [0.15, 0.2) is 0 Å². The SMILES string of the molecule is CC(/C=C(\[O-])c1ccccc1)=Nc1ccccc1N=Cc1cccc(OCc2cc(OCc3ccccc3)cc(OCc3ccccc3)c2)c1[O-].[Ni+2]. The fourth-order valence-electron chi connectivity index (χ4n) is 5.18. The number of benzene rings is 6. The van der Waals surface area contributed by atoms with Crippen molar-refractivity contribution < 1.29 is 40.9 Å². The van der Waals surface area contributed by atoms with E-state index in [0.717, 1.165) is 16.7 Å². The zero-order chi connectivity index (χ0) is 35.3. The monoisotopic (exact) mass is 730 g/mol. The van der Waals surface area contributed by atoms with E-state index in [0.29, 0.717) is 52.9 Å². The van der Waals surface area contributed by atoms with Crippen LogP contribution in [0.25, 0.3) is 5.76 Å². The van der Waals surface area contributed by atoms with Gasteiger partial charge in [0.2, 0.25) is 0 Å². The van der Waals surface area contributed by atoms with E-state index in [1.54, 1.807) is 43.3 Å². The Hall–Kier alpha value is -6.11. The number of allylic oxidation sites excluding steroid dienone is 1. The van der Waals surface area contributed by atoms with Crippen LogP contribution in [0, 0.1) is 0 Å². The Bertz CT molecular complexity index is 2070. The number of rotatable bonds is 14. The van der Waals surface area contributed by atoms with E-state index < -0.39 is 0 Å². The zero-order valence-corrected chi connectivity index (χ0v) is 29.4. The average Bonchev–Trinajstić information content (AvgIpc) is 3.17. The molecule has 6 aromatic carbocycles. The molecule has 0 aliphatic carbocycles. The molecule has 7 nitrogen and oxygen atoms in total. The molecule has 8 heteroatoms. The molecule has 262 valence electrons. The molecule has 0 aliphatic heterocycles. The van der Waals surface area contributed by atoms with Gasteiger partial charge in [0.05, 0.1) is 11.4 Å². The molecule has 6 rings (SSSR count). The summed E-state index contributed by atoms with van der Waals surface area (Å²) in [6.07, 6.45) is 3.00. The molecule has 0 heterocycles. The second kappa shape index (κ2) is 18.8. The Labute approximate surface area is 314 Å². The molecule has 0 radical (unpaired) electrons. The van der Waals surface area contributed by atoms with Crippen LogP contribution >= 0.6 is 0 Å². The van der Waals surface area contributed by atoms with Crippen LogP contribution in [0.3, 0.4) is 0 Å². The maximum atomic E-state index is 13.4. The molecule has 0 aliphatic rings. The quantitative estimate of drug-likeness (QED) is 0.0634. The van der Waals surface area contributed by atoms with Gasteiger partial charge >= 0.3 is 16.5 Å². The van der Waals surface area contributed by atoms with E-state index in [9.17, 15) is 10.2 Å². The van der Waals surface area contributed by atoms with Crippen molar-refractivity contribution in [3.05, 3.63) is 186 Å². The minimum Gasteiger partial charge on any atom is -0.872 e. The second-order valence-electron chi connectivity index (χ2n) is 11.7. The molecule has 0 N–H and O–H groups in total. The van der Waals surface area contributed by atoms with E-state index in [1.807, 2.05) is 115 Å². The first-order valence-corrected chi connectivity index (χ1v) is 16.5. The molecule has 0 spiro atoms. The Morgan fingerprint density at radius 1 is 0.596 bits per heavy atom. The minimum atomic E-state index is -0.294. The second-order valence-corrected chi connectivity index (χ2v) is 11.7. The van der Waals surface area contributed by atoms with Crippen molar-refractivity contribution in [3.63, 3.8) is 0 Å². The third-order valence-electron chi connectivity index (χ3n) is 7.76. The molecule has 52 heavy (non-hydrogen) atoms. The van der Waals surface area contributed by atoms with Crippen molar-refractivity contribution in [1.82, 2.24) is 0 Å².